The van der Waals surface area contributed by atoms with Crippen LogP contribution in [-0.4, -0.2) is 9.97 Å². The van der Waals surface area contributed by atoms with Crippen molar-refractivity contribution in [1.29, 1.82) is 0 Å². The minimum atomic E-state index is 0.318. The first-order valence-corrected chi connectivity index (χ1v) is 7.79. The number of nitrogen functional groups attached to an aromatic ring is 1. The van der Waals surface area contributed by atoms with Gasteiger partial charge in [0.25, 0.3) is 0 Å². The molecule has 2 aromatic carbocycles. The summed E-state index contributed by atoms with van der Waals surface area (Å²) in [5, 5.41) is 3.17. The van der Waals surface area contributed by atoms with E-state index in [4.69, 9.17) is 10.5 Å². The van der Waals surface area contributed by atoms with Gasteiger partial charge < -0.3 is 15.8 Å². The third-order valence-corrected chi connectivity index (χ3v) is 3.90. The van der Waals surface area contributed by atoms with Crippen LogP contribution in [0.4, 0.5) is 17.2 Å². The van der Waals surface area contributed by atoms with Crippen molar-refractivity contribution >= 4 is 33.1 Å². The SMILES string of the molecule is Cc1ccc(Oc2ncnc(Nc3ccccc3Br)c2N)cc1. The van der Waals surface area contributed by atoms with Crippen LogP contribution in [0.3, 0.4) is 0 Å². The van der Waals surface area contributed by atoms with Crippen molar-refractivity contribution < 1.29 is 4.74 Å². The molecule has 0 aliphatic heterocycles. The molecule has 0 fully saturated rings. The van der Waals surface area contributed by atoms with E-state index in [9.17, 15) is 0 Å². The van der Waals surface area contributed by atoms with Crippen LogP contribution >= 0.6 is 15.9 Å². The van der Waals surface area contributed by atoms with Gasteiger partial charge in [0.1, 0.15) is 17.8 Å². The summed E-state index contributed by atoms with van der Waals surface area (Å²) >= 11 is 3.48. The van der Waals surface area contributed by atoms with Gasteiger partial charge >= 0.3 is 0 Å². The fourth-order valence-electron chi connectivity index (χ4n) is 1.97. The van der Waals surface area contributed by atoms with Gasteiger partial charge in [-0.2, -0.15) is 4.98 Å². The molecule has 0 saturated carbocycles. The average molecular weight is 371 g/mol. The molecule has 3 rings (SSSR count). The minimum Gasteiger partial charge on any atom is -0.437 e. The van der Waals surface area contributed by atoms with Crippen LogP contribution in [0.25, 0.3) is 0 Å². The van der Waals surface area contributed by atoms with Gasteiger partial charge in [-0.15, -0.1) is 0 Å². The highest BCUT2D eigenvalue weighted by molar-refractivity contribution is 9.10. The smallest absolute Gasteiger partial charge is 0.248 e. The molecular weight excluding hydrogens is 356 g/mol. The predicted octanol–water partition coefficient (Wildman–Crippen LogP) is 4.67. The van der Waals surface area contributed by atoms with Gasteiger partial charge in [-0.05, 0) is 47.1 Å². The van der Waals surface area contributed by atoms with Crippen molar-refractivity contribution in [2.24, 2.45) is 0 Å². The molecule has 1 heterocycles. The fourth-order valence-corrected chi connectivity index (χ4v) is 2.35. The van der Waals surface area contributed by atoms with E-state index in [0.29, 0.717) is 23.1 Å². The van der Waals surface area contributed by atoms with E-state index in [1.807, 2.05) is 55.5 Å². The lowest BCUT2D eigenvalue weighted by atomic mass is 10.2. The second-order valence-corrected chi connectivity index (χ2v) is 5.82. The second-order valence-electron chi connectivity index (χ2n) is 4.96. The van der Waals surface area contributed by atoms with Crippen molar-refractivity contribution in [3.8, 4) is 11.6 Å². The first-order valence-electron chi connectivity index (χ1n) is 7.00. The number of nitrogens with zero attached hydrogens (tertiary/aromatic N) is 2. The summed E-state index contributed by atoms with van der Waals surface area (Å²) in [6.07, 6.45) is 1.42. The van der Waals surface area contributed by atoms with Crippen LogP contribution in [0, 0.1) is 6.92 Å². The lowest BCUT2D eigenvalue weighted by Gasteiger charge is -2.12. The summed E-state index contributed by atoms with van der Waals surface area (Å²) < 4.78 is 6.66. The third-order valence-electron chi connectivity index (χ3n) is 3.21. The highest BCUT2D eigenvalue weighted by Crippen LogP contribution is 2.32. The highest BCUT2D eigenvalue weighted by atomic mass is 79.9. The van der Waals surface area contributed by atoms with Gasteiger partial charge in [0.2, 0.25) is 5.88 Å². The van der Waals surface area contributed by atoms with E-state index in [-0.39, 0.29) is 0 Å². The van der Waals surface area contributed by atoms with Crippen molar-refractivity contribution in [2.75, 3.05) is 11.1 Å². The molecule has 6 heteroatoms. The van der Waals surface area contributed by atoms with Gasteiger partial charge in [-0.25, -0.2) is 4.98 Å². The Morgan fingerprint density at radius 3 is 2.52 bits per heavy atom. The van der Waals surface area contributed by atoms with Crippen molar-refractivity contribution in [3.63, 3.8) is 0 Å². The molecule has 0 spiro atoms. The first-order chi connectivity index (χ1) is 11.1. The van der Waals surface area contributed by atoms with Crippen LogP contribution in [-0.2, 0) is 0 Å². The maximum atomic E-state index is 6.13. The minimum absolute atomic E-state index is 0.318. The molecule has 0 atom stereocenters. The largest absolute Gasteiger partial charge is 0.437 e. The quantitative estimate of drug-likeness (QED) is 0.698. The summed E-state index contributed by atoms with van der Waals surface area (Å²) in [6.45, 7) is 2.02. The van der Waals surface area contributed by atoms with Crippen LogP contribution < -0.4 is 15.8 Å². The van der Waals surface area contributed by atoms with E-state index in [2.05, 4.69) is 31.2 Å². The number of rotatable bonds is 4. The summed E-state index contributed by atoms with van der Waals surface area (Å²) in [5.41, 5.74) is 8.50. The number of nitrogens with two attached hydrogens (primary N) is 1. The maximum absolute atomic E-state index is 6.13. The molecule has 0 aliphatic carbocycles. The number of aryl methyl sites for hydroxylation is 1. The molecule has 0 radical (unpaired) electrons. The number of benzene rings is 2. The van der Waals surface area contributed by atoms with Crippen molar-refractivity contribution in [3.05, 3.63) is 64.9 Å². The molecule has 0 aliphatic rings. The van der Waals surface area contributed by atoms with Crippen molar-refractivity contribution in [2.45, 2.75) is 6.92 Å². The van der Waals surface area contributed by atoms with Crippen LogP contribution in [0.2, 0.25) is 0 Å². The van der Waals surface area contributed by atoms with E-state index in [1.165, 1.54) is 6.33 Å². The Morgan fingerprint density at radius 2 is 1.78 bits per heavy atom. The second kappa shape index (κ2) is 6.66. The summed E-state index contributed by atoms with van der Waals surface area (Å²) in [6, 6.07) is 15.4. The Labute approximate surface area is 142 Å². The standard InChI is InChI=1S/C17H15BrN4O/c1-11-6-8-12(9-7-11)23-17-15(19)16(20-10-21-17)22-14-5-3-2-4-13(14)18/h2-10H,19H2,1H3,(H,20,21,22). The van der Waals surface area contributed by atoms with E-state index in [1.54, 1.807) is 0 Å². The van der Waals surface area contributed by atoms with Gasteiger partial charge in [0, 0.05) is 4.47 Å². The van der Waals surface area contributed by atoms with Crippen LogP contribution in [0.1, 0.15) is 5.56 Å². The van der Waals surface area contributed by atoms with Crippen LogP contribution in [0.5, 0.6) is 11.6 Å². The Kier molecular flexibility index (Phi) is 4.43. The molecule has 0 bridgehead atoms. The zero-order valence-electron chi connectivity index (χ0n) is 12.5. The lowest BCUT2D eigenvalue weighted by Crippen LogP contribution is -2.03. The zero-order valence-corrected chi connectivity index (χ0v) is 14.0. The Hall–Kier alpha value is -2.60. The number of para-hydroxylation sites is 1. The number of hydrogen-bond donors (Lipinski definition) is 2. The Balaban J connectivity index is 1.86. The number of hydrogen-bond acceptors (Lipinski definition) is 5. The van der Waals surface area contributed by atoms with Crippen LogP contribution in [0.15, 0.2) is 59.3 Å². The molecular formula is C17H15BrN4O. The highest BCUT2D eigenvalue weighted by Gasteiger charge is 2.11. The van der Waals surface area contributed by atoms with Gasteiger partial charge in [-0.3, -0.25) is 0 Å². The summed E-state index contributed by atoms with van der Waals surface area (Å²) in [4.78, 5) is 8.29. The molecule has 0 unspecified atom stereocenters. The fraction of sp³-hybridized carbons (Fsp3) is 0.0588. The number of aromatic nitrogens is 2. The Bertz CT molecular complexity index is 821. The Morgan fingerprint density at radius 1 is 1.04 bits per heavy atom. The molecule has 1 aromatic heterocycles. The number of nitrogens with one attached hydrogen (secondary N) is 1. The molecule has 3 N–H and O–H groups in total. The van der Waals surface area contributed by atoms with E-state index in [0.717, 1.165) is 15.7 Å². The van der Waals surface area contributed by atoms with Crippen molar-refractivity contribution in [1.82, 2.24) is 9.97 Å². The molecule has 3 aromatic rings. The third kappa shape index (κ3) is 3.60. The zero-order chi connectivity index (χ0) is 16.2. The molecule has 116 valence electrons. The molecule has 23 heavy (non-hydrogen) atoms. The molecule has 5 nitrogen and oxygen atoms in total. The molecule has 0 saturated heterocycles. The normalized spacial score (nSPS) is 10.3. The lowest BCUT2D eigenvalue weighted by molar-refractivity contribution is 0.464. The number of ether oxygens (including phenoxy) is 1. The summed E-state index contributed by atoms with van der Waals surface area (Å²) in [7, 11) is 0. The number of anilines is 3. The van der Waals surface area contributed by atoms with E-state index < -0.39 is 0 Å². The molecule has 0 amide bonds. The predicted molar refractivity (Wildman–Crippen MR) is 95.1 cm³/mol. The average Bonchev–Trinajstić information content (AvgIpc) is 2.55. The summed E-state index contributed by atoms with van der Waals surface area (Å²) in [5.74, 6) is 1.49. The van der Waals surface area contributed by atoms with Gasteiger partial charge in [0.15, 0.2) is 5.82 Å². The number of halogens is 1. The topological polar surface area (TPSA) is 73.1 Å². The maximum Gasteiger partial charge on any atom is 0.248 e. The first kappa shape index (κ1) is 15.3. The van der Waals surface area contributed by atoms with E-state index >= 15 is 0 Å². The van der Waals surface area contributed by atoms with Gasteiger partial charge in [-0.1, -0.05) is 29.8 Å². The monoisotopic (exact) mass is 370 g/mol. The van der Waals surface area contributed by atoms with Gasteiger partial charge in [0.05, 0.1) is 5.69 Å².